The zero-order valence-electron chi connectivity index (χ0n) is 19.7. The first-order chi connectivity index (χ1) is 16.4. The van der Waals surface area contributed by atoms with Gasteiger partial charge in [-0.1, -0.05) is 54.6 Å². The van der Waals surface area contributed by atoms with E-state index >= 15 is 0 Å². The number of aliphatic hydroxyl groups is 1. The van der Waals surface area contributed by atoms with Crippen LogP contribution in [0.25, 0.3) is 16.5 Å². The van der Waals surface area contributed by atoms with E-state index in [0.29, 0.717) is 30.9 Å². The normalized spacial score (nSPS) is 17.6. The quantitative estimate of drug-likeness (QED) is 0.220. The van der Waals surface area contributed by atoms with Crippen molar-refractivity contribution in [3.8, 4) is 5.75 Å². The second kappa shape index (κ2) is 10.1. The molecule has 0 bridgehead atoms. The fourth-order valence-corrected chi connectivity index (χ4v) is 4.45. The zero-order valence-corrected chi connectivity index (χ0v) is 19.7. The number of hydrogen-bond donors (Lipinski definition) is 1. The Kier molecular flexibility index (Phi) is 6.98. The van der Waals surface area contributed by atoms with E-state index < -0.39 is 17.7 Å². The number of hydrogen-bond acceptors (Lipinski definition) is 5. The van der Waals surface area contributed by atoms with Crippen molar-refractivity contribution in [2.45, 2.75) is 32.4 Å². The number of likely N-dealkylation sites (tertiary alicyclic amines) is 1. The molecule has 1 N–H and O–H groups in total. The summed E-state index contributed by atoms with van der Waals surface area (Å²) in [4.78, 5) is 28.0. The van der Waals surface area contributed by atoms with Crippen LogP contribution >= 0.6 is 0 Å². The molecule has 1 saturated heterocycles. The maximum atomic E-state index is 13.3. The molecule has 1 aliphatic rings. The molecule has 176 valence electrons. The Bertz CT molecular complexity index is 1240. The molecule has 3 aromatic rings. The van der Waals surface area contributed by atoms with Gasteiger partial charge in [0.25, 0.3) is 11.7 Å². The summed E-state index contributed by atoms with van der Waals surface area (Å²) in [5, 5.41) is 13.3. The van der Waals surface area contributed by atoms with Crippen LogP contribution < -0.4 is 4.74 Å². The molecule has 6 nitrogen and oxygen atoms in total. The molecule has 0 radical (unpaired) electrons. The van der Waals surface area contributed by atoms with E-state index in [4.69, 9.17) is 9.47 Å². The molecule has 1 fully saturated rings. The minimum Gasteiger partial charge on any atom is -0.507 e. The molecule has 1 aliphatic heterocycles. The minimum absolute atomic E-state index is 0.0422. The van der Waals surface area contributed by atoms with Gasteiger partial charge in [0, 0.05) is 25.8 Å². The number of carbonyl (C=O) groups is 2. The number of carbonyl (C=O) groups excluding carboxylic acids is 2. The summed E-state index contributed by atoms with van der Waals surface area (Å²) in [5.74, 6) is -0.942. The fraction of sp³-hybridized carbons (Fsp3) is 0.286. The average Bonchev–Trinajstić information content (AvgIpc) is 3.08. The Labute approximate surface area is 199 Å². The number of ether oxygens (including phenoxy) is 2. The Morgan fingerprint density at radius 2 is 1.76 bits per heavy atom. The van der Waals surface area contributed by atoms with Crippen molar-refractivity contribution < 1.29 is 24.2 Å². The van der Waals surface area contributed by atoms with E-state index in [2.05, 4.69) is 0 Å². The number of nitrogens with zero attached hydrogens (tertiary/aromatic N) is 1. The molecule has 34 heavy (non-hydrogen) atoms. The summed E-state index contributed by atoms with van der Waals surface area (Å²) in [7, 11) is 1.60. The van der Waals surface area contributed by atoms with Crippen molar-refractivity contribution in [3.63, 3.8) is 0 Å². The van der Waals surface area contributed by atoms with Gasteiger partial charge in [-0.05, 0) is 48.7 Å². The molecule has 1 unspecified atom stereocenters. The number of ketones is 1. The Morgan fingerprint density at radius 3 is 2.53 bits per heavy atom. The van der Waals surface area contributed by atoms with Gasteiger partial charge >= 0.3 is 0 Å². The Morgan fingerprint density at radius 1 is 1.03 bits per heavy atom. The maximum Gasteiger partial charge on any atom is 0.295 e. The smallest absolute Gasteiger partial charge is 0.295 e. The molecular formula is C28H29NO5. The molecule has 0 spiro atoms. The number of Topliss-reactive ketones (excluding diaryl/α,β-unsaturated/α-hetero) is 1. The molecule has 6 heteroatoms. The van der Waals surface area contributed by atoms with Crippen LogP contribution in [0.4, 0.5) is 0 Å². The topological polar surface area (TPSA) is 76.1 Å². The lowest BCUT2D eigenvalue weighted by Gasteiger charge is -2.26. The minimum atomic E-state index is -0.711. The van der Waals surface area contributed by atoms with Crippen molar-refractivity contribution in [3.05, 3.63) is 83.4 Å². The molecule has 3 aromatic carbocycles. The molecule has 0 aromatic heterocycles. The van der Waals surface area contributed by atoms with E-state index in [1.165, 1.54) is 0 Å². The summed E-state index contributed by atoms with van der Waals surface area (Å²) in [6.45, 7) is 4.62. The second-order valence-electron chi connectivity index (χ2n) is 8.60. The molecule has 1 heterocycles. The summed E-state index contributed by atoms with van der Waals surface area (Å²) in [6, 6.07) is 19.9. The highest BCUT2D eigenvalue weighted by molar-refractivity contribution is 6.46. The first kappa shape index (κ1) is 23.5. The SMILES string of the molecule is COCCCN1C(=O)C(=O)/C(=C(\O)c2cccc(OC(C)C)c2)C1c1cccc2ccccc12. The van der Waals surface area contributed by atoms with Crippen molar-refractivity contribution in [1.29, 1.82) is 0 Å². The van der Waals surface area contributed by atoms with Gasteiger partial charge in [-0.3, -0.25) is 9.59 Å². The molecular weight excluding hydrogens is 430 g/mol. The van der Waals surface area contributed by atoms with Crippen LogP contribution in [0.5, 0.6) is 5.75 Å². The van der Waals surface area contributed by atoms with Gasteiger partial charge in [0.2, 0.25) is 0 Å². The third-order valence-corrected chi connectivity index (χ3v) is 5.88. The lowest BCUT2D eigenvalue weighted by molar-refractivity contribution is -0.140. The van der Waals surface area contributed by atoms with Gasteiger partial charge in [-0.2, -0.15) is 0 Å². The second-order valence-corrected chi connectivity index (χ2v) is 8.60. The largest absolute Gasteiger partial charge is 0.507 e. The molecule has 1 atom stereocenters. The Balaban J connectivity index is 1.89. The molecule has 4 rings (SSSR count). The lowest BCUT2D eigenvalue weighted by Crippen LogP contribution is -2.31. The standard InChI is InChI=1S/C28H29NO5/c1-18(2)34-21-12-6-11-20(17-21)26(30)24-25(29(15-8-16-33-3)28(32)27(24)31)23-14-7-10-19-9-4-5-13-22(19)23/h4-7,9-14,17-18,25,30H,8,15-16H2,1-3H3/b26-24-. The average molecular weight is 460 g/mol. The summed E-state index contributed by atoms with van der Waals surface area (Å²) < 4.78 is 10.9. The van der Waals surface area contributed by atoms with Crippen molar-refractivity contribution in [1.82, 2.24) is 4.90 Å². The van der Waals surface area contributed by atoms with Gasteiger partial charge in [-0.15, -0.1) is 0 Å². The maximum absolute atomic E-state index is 13.3. The highest BCUT2D eigenvalue weighted by Crippen LogP contribution is 2.42. The van der Waals surface area contributed by atoms with Crippen molar-refractivity contribution in [2.24, 2.45) is 0 Å². The molecule has 0 saturated carbocycles. The number of amides is 1. The summed E-state index contributed by atoms with van der Waals surface area (Å²) in [5.41, 5.74) is 1.31. The number of fused-ring (bicyclic) bond motifs is 1. The van der Waals surface area contributed by atoms with E-state index in [1.54, 1.807) is 36.3 Å². The van der Waals surface area contributed by atoms with Gasteiger partial charge in [0.05, 0.1) is 17.7 Å². The predicted octanol–water partition coefficient (Wildman–Crippen LogP) is 5.09. The number of benzene rings is 3. The van der Waals surface area contributed by atoms with Gasteiger partial charge in [0.15, 0.2) is 0 Å². The van der Waals surface area contributed by atoms with E-state index in [-0.39, 0.29) is 17.4 Å². The first-order valence-electron chi connectivity index (χ1n) is 11.4. The molecule has 1 amide bonds. The number of aliphatic hydroxyl groups excluding tert-OH is 1. The monoisotopic (exact) mass is 459 g/mol. The first-order valence-corrected chi connectivity index (χ1v) is 11.4. The van der Waals surface area contributed by atoms with E-state index in [1.807, 2.05) is 56.3 Å². The van der Waals surface area contributed by atoms with Gasteiger partial charge < -0.3 is 19.5 Å². The van der Waals surface area contributed by atoms with Crippen LogP contribution in [-0.2, 0) is 14.3 Å². The van der Waals surface area contributed by atoms with Crippen LogP contribution in [0.15, 0.2) is 72.3 Å². The van der Waals surface area contributed by atoms with Gasteiger partial charge in [-0.25, -0.2) is 0 Å². The summed E-state index contributed by atoms with van der Waals surface area (Å²) in [6.07, 6.45) is 0.530. The van der Waals surface area contributed by atoms with Crippen molar-refractivity contribution in [2.75, 3.05) is 20.3 Å². The Hall–Kier alpha value is -3.64. The fourth-order valence-electron chi connectivity index (χ4n) is 4.45. The van der Waals surface area contributed by atoms with Crippen molar-refractivity contribution >= 4 is 28.2 Å². The van der Waals surface area contributed by atoms with E-state index in [9.17, 15) is 14.7 Å². The summed E-state index contributed by atoms with van der Waals surface area (Å²) >= 11 is 0. The zero-order chi connectivity index (χ0) is 24.2. The van der Waals surface area contributed by atoms with Crippen LogP contribution in [-0.4, -0.2) is 48.1 Å². The van der Waals surface area contributed by atoms with Crippen LogP contribution in [0.1, 0.15) is 37.4 Å². The van der Waals surface area contributed by atoms with E-state index in [0.717, 1.165) is 16.3 Å². The van der Waals surface area contributed by atoms with Crippen LogP contribution in [0, 0.1) is 0 Å². The third-order valence-electron chi connectivity index (χ3n) is 5.88. The highest BCUT2D eigenvalue weighted by atomic mass is 16.5. The van der Waals surface area contributed by atoms with Crippen LogP contribution in [0.2, 0.25) is 0 Å². The lowest BCUT2D eigenvalue weighted by atomic mass is 9.91. The molecule has 0 aliphatic carbocycles. The number of methoxy groups -OCH3 is 1. The predicted molar refractivity (Wildman–Crippen MR) is 132 cm³/mol. The number of rotatable bonds is 8. The van der Waals surface area contributed by atoms with Crippen LogP contribution in [0.3, 0.4) is 0 Å². The van der Waals surface area contributed by atoms with Gasteiger partial charge in [0.1, 0.15) is 11.5 Å². The highest BCUT2D eigenvalue weighted by Gasteiger charge is 2.46. The third kappa shape index (κ3) is 4.54.